The molecule has 0 radical (unpaired) electrons. The summed E-state index contributed by atoms with van der Waals surface area (Å²) in [5, 5.41) is 0. The number of ether oxygens (including phenoxy) is 3. The molecule has 0 saturated heterocycles. The molecule has 3 aromatic carbocycles. The van der Waals surface area contributed by atoms with E-state index in [-0.39, 0.29) is 18.8 Å². The minimum absolute atomic E-state index is 0.0916. The van der Waals surface area contributed by atoms with E-state index in [0.29, 0.717) is 18.6 Å². The standard InChI is InChI=1S/C29H31F3O4/c1-3-4-5-6-7-27(29(30,31)32)36-28(33)25-14-12-23(13-15-25)21-8-10-22(11-9-21)24-16-18-26(19-17-24)35-20-34-2/h8-19,27H,3-7,20H2,1-2H3. The highest BCUT2D eigenvalue weighted by Crippen LogP contribution is 2.29. The second-order valence-electron chi connectivity index (χ2n) is 8.51. The molecule has 0 heterocycles. The second-order valence-corrected chi connectivity index (χ2v) is 8.51. The average molecular weight is 501 g/mol. The molecule has 1 unspecified atom stereocenters. The van der Waals surface area contributed by atoms with Crippen molar-refractivity contribution in [3.8, 4) is 28.0 Å². The van der Waals surface area contributed by atoms with Gasteiger partial charge in [-0.15, -0.1) is 0 Å². The SMILES string of the molecule is CCCCCCC(OC(=O)c1ccc(-c2ccc(-c3ccc(OCOC)cc3)cc2)cc1)C(F)(F)F. The summed E-state index contributed by atoms with van der Waals surface area (Å²) in [4.78, 5) is 12.4. The molecule has 7 heteroatoms. The molecule has 0 fully saturated rings. The molecule has 0 aliphatic carbocycles. The number of halogens is 3. The van der Waals surface area contributed by atoms with Gasteiger partial charge in [0.05, 0.1) is 5.56 Å². The Labute approximate surface area is 210 Å². The molecule has 0 aliphatic rings. The zero-order valence-corrected chi connectivity index (χ0v) is 20.5. The van der Waals surface area contributed by atoms with E-state index in [9.17, 15) is 18.0 Å². The Morgan fingerprint density at radius 1 is 0.778 bits per heavy atom. The Kier molecular flexibility index (Phi) is 9.94. The summed E-state index contributed by atoms with van der Waals surface area (Å²) in [5.41, 5.74) is 3.90. The van der Waals surface area contributed by atoms with Gasteiger partial charge in [0.25, 0.3) is 0 Å². The van der Waals surface area contributed by atoms with Crippen molar-refractivity contribution in [1.29, 1.82) is 0 Å². The molecular formula is C29H31F3O4. The molecule has 0 saturated carbocycles. The van der Waals surface area contributed by atoms with E-state index < -0.39 is 18.2 Å². The number of benzene rings is 3. The summed E-state index contributed by atoms with van der Waals surface area (Å²) in [6.07, 6.45) is -4.06. The molecule has 0 spiro atoms. The third-order valence-corrected chi connectivity index (χ3v) is 5.80. The molecule has 0 aromatic heterocycles. The number of carbonyl (C=O) groups is 1. The second kappa shape index (κ2) is 13.1. The number of carbonyl (C=O) groups excluding carboxylic acids is 1. The van der Waals surface area contributed by atoms with E-state index in [0.717, 1.165) is 35.1 Å². The van der Waals surface area contributed by atoms with E-state index in [1.54, 1.807) is 19.2 Å². The van der Waals surface area contributed by atoms with E-state index in [1.165, 1.54) is 12.1 Å². The molecule has 192 valence electrons. The van der Waals surface area contributed by atoms with Crippen LogP contribution in [0.4, 0.5) is 13.2 Å². The Hall–Kier alpha value is -3.32. The lowest BCUT2D eigenvalue weighted by Gasteiger charge is -2.20. The van der Waals surface area contributed by atoms with Crippen molar-refractivity contribution < 1.29 is 32.2 Å². The maximum atomic E-state index is 13.3. The summed E-state index contributed by atoms with van der Waals surface area (Å²) in [6.45, 7) is 2.17. The highest BCUT2D eigenvalue weighted by atomic mass is 19.4. The van der Waals surface area contributed by atoms with Crippen LogP contribution in [0.5, 0.6) is 5.75 Å². The quantitative estimate of drug-likeness (QED) is 0.143. The lowest BCUT2D eigenvalue weighted by atomic mass is 9.99. The molecular weight excluding hydrogens is 469 g/mol. The largest absolute Gasteiger partial charge is 0.468 e. The fourth-order valence-electron chi connectivity index (χ4n) is 3.77. The number of alkyl halides is 3. The third-order valence-electron chi connectivity index (χ3n) is 5.80. The monoisotopic (exact) mass is 500 g/mol. The van der Waals surface area contributed by atoms with Crippen molar-refractivity contribution in [3.05, 3.63) is 78.4 Å². The zero-order chi connectivity index (χ0) is 26.0. The topological polar surface area (TPSA) is 44.8 Å². The number of esters is 1. The normalized spacial score (nSPS) is 12.2. The van der Waals surface area contributed by atoms with E-state index >= 15 is 0 Å². The van der Waals surface area contributed by atoms with Gasteiger partial charge in [-0.25, -0.2) is 4.79 Å². The molecule has 0 N–H and O–H groups in total. The molecule has 3 rings (SSSR count). The van der Waals surface area contributed by atoms with Gasteiger partial charge in [0, 0.05) is 7.11 Å². The smallest absolute Gasteiger partial charge is 0.425 e. The highest BCUT2D eigenvalue weighted by molar-refractivity contribution is 5.90. The first-order chi connectivity index (χ1) is 17.3. The van der Waals surface area contributed by atoms with E-state index in [4.69, 9.17) is 14.2 Å². The molecule has 1 atom stereocenters. The van der Waals surface area contributed by atoms with Crippen molar-refractivity contribution in [2.24, 2.45) is 0 Å². The number of hydrogen-bond donors (Lipinski definition) is 0. The van der Waals surface area contributed by atoms with Crippen LogP contribution >= 0.6 is 0 Å². The van der Waals surface area contributed by atoms with Crippen LogP contribution in [0.25, 0.3) is 22.3 Å². The average Bonchev–Trinajstić information content (AvgIpc) is 2.89. The van der Waals surface area contributed by atoms with Gasteiger partial charge in [-0.1, -0.05) is 74.7 Å². The Morgan fingerprint density at radius 2 is 1.28 bits per heavy atom. The molecule has 36 heavy (non-hydrogen) atoms. The predicted molar refractivity (Wildman–Crippen MR) is 134 cm³/mol. The maximum Gasteiger partial charge on any atom is 0.425 e. The van der Waals surface area contributed by atoms with Gasteiger partial charge in [0.2, 0.25) is 0 Å². The molecule has 3 aromatic rings. The number of rotatable bonds is 12. The van der Waals surface area contributed by atoms with Crippen LogP contribution in [-0.2, 0) is 9.47 Å². The van der Waals surface area contributed by atoms with Crippen LogP contribution in [0.1, 0.15) is 49.4 Å². The fraction of sp³-hybridized carbons (Fsp3) is 0.345. The minimum atomic E-state index is -4.58. The summed E-state index contributed by atoms with van der Waals surface area (Å²) >= 11 is 0. The van der Waals surface area contributed by atoms with Gasteiger partial charge < -0.3 is 14.2 Å². The van der Waals surface area contributed by atoms with Crippen LogP contribution in [0.2, 0.25) is 0 Å². The first kappa shape index (κ1) is 27.3. The maximum absolute atomic E-state index is 13.3. The first-order valence-electron chi connectivity index (χ1n) is 12.0. The molecule has 0 aliphatic heterocycles. The molecule has 4 nitrogen and oxygen atoms in total. The first-order valence-corrected chi connectivity index (χ1v) is 12.0. The third kappa shape index (κ3) is 7.85. The van der Waals surface area contributed by atoms with Crippen molar-refractivity contribution >= 4 is 5.97 Å². The van der Waals surface area contributed by atoms with Crippen LogP contribution < -0.4 is 4.74 Å². The predicted octanol–water partition coefficient (Wildman–Crippen LogP) is 8.06. The zero-order valence-electron chi connectivity index (χ0n) is 20.5. The van der Waals surface area contributed by atoms with Gasteiger partial charge in [0.15, 0.2) is 12.9 Å². The van der Waals surface area contributed by atoms with Crippen molar-refractivity contribution in [2.75, 3.05) is 13.9 Å². The Morgan fingerprint density at radius 3 is 1.75 bits per heavy atom. The van der Waals surface area contributed by atoms with Crippen LogP contribution in [0.3, 0.4) is 0 Å². The number of methoxy groups -OCH3 is 1. The van der Waals surface area contributed by atoms with Crippen molar-refractivity contribution in [3.63, 3.8) is 0 Å². The summed E-state index contributed by atoms with van der Waals surface area (Å²) in [5.74, 6) is -0.249. The highest BCUT2D eigenvalue weighted by Gasteiger charge is 2.42. The number of unbranched alkanes of at least 4 members (excludes halogenated alkanes) is 3. The lowest BCUT2D eigenvalue weighted by molar-refractivity contribution is -0.206. The van der Waals surface area contributed by atoms with Gasteiger partial charge >= 0.3 is 12.1 Å². The lowest BCUT2D eigenvalue weighted by Crippen LogP contribution is -2.33. The van der Waals surface area contributed by atoms with Crippen molar-refractivity contribution in [1.82, 2.24) is 0 Å². The molecule has 0 amide bonds. The summed E-state index contributed by atoms with van der Waals surface area (Å²) < 4.78 is 55.1. The van der Waals surface area contributed by atoms with E-state index in [1.807, 2.05) is 55.5 Å². The fourth-order valence-corrected chi connectivity index (χ4v) is 3.77. The van der Waals surface area contributed by atoms with Crippen LogP contribution in [0.15, 0.2) is 72.8 Å². The Bertz CT molecular complexity index is 1080. The van der Waals surface area contributed by atoms with E-state index in [2.05, 4.69) is 0 Å². The summed E-state index contributed by atoms with van der Waals surface area (Å²) in [6, 6.07) is 21.9. The van der Waals surface area contributed by atoms with Gasteiger partial charge in [-0.3, -0.25) is 0 Å². The number of hydrogen-bond acceptors (Lipinski definition) is 4. The Balaban J connectivity index is 1.63. The van der Waals surface area contributed by atoms with Gasteiger partial charge in [0.1, 0.15) is 5.75 Å². The molecule has 0 bridgehead atoms. The van der Waals surface area contributed by atoms with Crippen LogP contribution in [-0.4, -0.2) is 32.2 Å². The van der Waals surface area contributed by atoms with Crippen LogP contribution in [0, 0.1) is 0 Å². The van der Waals surface area contributed by atoms with Gasteiger partial charge in [-0.05, 0) is 59.4 Å². The summed E-state index contributed by atoms with van der Waals surface area (Å²) in [7, 11) is 1.56. The van der Waals surface area contributed by atoms with Gasteiger partial charge in [-0.2, -0.15) is 13.2 Å². The minimum Gasteiger partial charge on any atom is -0.468 e. The van der Waals surface area contributed by atoms with Crippen molar-refractivity contribution in [2.45, 2.75) is 51.3 Å².